The molecule has 1 N–H and O–H groups in total. The highest BCUT2D eigenvalue weighted by Crippen LogP contribution is 2.09. The van der Waals surface area contributed by atoms with E-state index in [1.807, 2.05) is 0 Å². The zero-order valence-electron chi connectivity index (χ0n) is 9.70. The molecule has 0 bridgehead atoms. The van der Waals surface area contributed by atoms with Gasteiger partial charge in [-0.1, -0.05) is 13.8 Å². The molecule has 0 aromatic heterocycles. The first-order chi connectivity index (χ1) is 7.09. The van der Waals surface area contributed by atoms with Gasteiger partial charge in [0.25, 0.3) is 0 Å². The van der Waals surface area contributed by atoms with Crippen LogP contribution in [0.1, 0.15) is 20.3 Å². The van der Waals surface area contributed by atoms with Gasteiger partial charge in [0.2, 0.25) is 0 Å². The molecule has 1 rings (SSSR count). The minimum absolute atomic E-state index is 0.329. The first kappa shape index (κ1) is 12.9. The van der Waals surface area contributed by atoms with Gasteiger partial charge >= 0.3 is 0 Å². The lowest BCUT2D eigenvalue weighted by molar-refractivity contribution is 0.202. The minimum Gasteiger partial charge on any atom is -0.315 e. The summed E-state index contributed by atoms with van der Waals surface area (Å²) in [5, 5.41) is 3.33. The molecule has 1 aliphatic heterocycles. The second-order valence-electron chi connectivity index (χ2n) is 4.06. The molecule has 4 nitrogen and oxygen atoms in total. The Balaban J connectivity index is 2.42. The van der Waals surface area contributed by atoms with Gasteiger partial charge in [0, 0.05) is 25.7 Å². The van der Waals surface area contributed by atoms with Crippen LogP contribution < -0.4 is 5.32 Å². The molecule has 1 heterocycles. The standard InChI is InChI=1S/C10H22N2O2S/c1-3-10(9-11-4-2)12-5-7-15(13,14)8-6-12/h10-11H,3-9H2,1-2H3. The number of hydrogen-bond donors (Lipinski definition) is 1. The number of rotatable bonds is 5. The Morgan fingerprint density at radius 2 is 1.87 bits per heavy atom. The average molecular weight is 234 g/mol. The number of likely N-dealkylation sites (N-methyl/N-ethyl adjacent to an activating group) is 1. The van der Waals surface area contributed by atoms with Crippen molar-refractivity contribution in [2.24, 2.45) is 0 Å². The van der Waals surface area contributed by atoms with Crippen molar-refractivity contribution < 1.29 is 8.42 Å². The first-order valence-electron chi connectivity index (χ1n) is 5.74. The molecular weight excluding hydrogens is 212 g/mol. The molecule has 0 radical (unpaired) electrons. The van der Waals surface area contributed by atoms with Crippen molar-refractivity contribution in [3.8, 4) is 0 Å². The molecule has 1 saturated heterocycles. The SMILES string of the molecule is CCNCC(CC)N1CCS(=O)(=O)CC1. The monoisotopic (exact) mass is 234 g/mol. The molecule has 0 aromatic carbocycles. The fourth-order valence-electron chi connectivity index (χ4n) is 1.93. The third-order valence-corrected chi connectivity index (χ3v) is 4.61. The van der Waals surface area contributed by atoms with E-state index in [1.165, 1.54) is 0 Å². The summed E-state index contributed by atoms with van der Waals surface area (Å²) in [6, 6.07) is 0.487. The summed E-state index contributed by atoms with van der Waals surface area (Å²) >= 11 is 0. The van der Waals surface area contributed by atoms with Gasteiger partial charge in [-0.05, 0) is 13.0 Å². The minimum atomic E-state index is -2.74. The summed E-state index contributed by atoms with van der Waals surface area (Å²) < 4.78 is 22.6. The van der Waals surface area contributed by atoms with Crippen LogP contribution >= 0.6 is 0 Å². The summed E-state index contributed by atoms with van der Waals surface area (Å²) in [6.45, 7) is 7.59. The summed E-state index contributed by atoms with van der Waals surface area (Å²) in [5.74, 6) is 0.658. The molecule has 1 aliphatic rings. The van der Waals surface area contributed by atoms with Crippen molar-refractivity contribution in [1.82, 2.24) is 10.2 Å². The van der Waals surface area contributed by atoms with Crippen LogP contribution in [0.4, 0.5) is 0 Å². The molecule has 0 saturated carbocycles. The van der Waals surface area contributed by atoms with Crippen molar-refractivity contribution >= 4 is 9.84 Å². The zero-order chi connectivity index (χ0) is 11.3. The Morgan fingerprint density at radius 1 is 1.27 bits per heavy atom. The van der Waals surface area contributed by atoms with Crippen molar-refractivity contribution in [3.63, 3.8) is 0 Å². The lowest BCUT2D eigenvalue weighted by Gasteiger charge is -2.33. The van der Waals surface area contributed by atoms with E-state index >= 15 is 0 Å². The molecule has 0 spiro atoms. The van der Waals surface area contributed by atoms with E-state index in [0.29, 0.717) is 30.6 Å². The van der Waals surface area contributed by atoms with E-state index in [2.05, 4.69) is 24.1 Å². The second kappa shape index (κ2) is 5.82. The van der Waals surface area contributed by atoms with E-state index in [1.54, 1.807) is 0 Å². The number of nitrogens with zero attached hydrogens (tertiary/aromatic N) is 1. The second-order valence-corrected chi connectivity index (χ2v) is 6.36. The Hall–Kier alpha value is -0.130. The van der Waals surface area contributed by atoms with Crippen LogP contribution in [0.3, 0.4) is 0 Å². The van der Waals surface area contributed by atoms with Crippen LogP contribution in [0, 0.1) is 0 Å². The van der Waals surface area contributed by atoms with Crippen LogP contribution in [-0.4, -0.2) is 57.0 Å². The maximum absolute atomic E-state index is 11.3. The van der Waals surface area contributed by atoms with Gasteiger partial charge in [-0.25, -0.2) is 8.42 Å². The number of hydrogen-bond acceptors (Lipinski definition) is 4. The molecule has 0 amide bonds. The Bertz CT molecular complexity index is 263. The molecule has 0 aliphatic carbocycles. The lowest BCUT2D eigenvalue weighted by Crippen LogP contribution is -2.49. The van der Waals surface area contributed by atoms with Gasteiger partial charge < -0.3 is 5.32 Å². The zero-order valence-corrected chi connectivity index (χ0v) is 10.5. The summed E-state index contributed by atoms with van der Waals surface area (Å²) in [7, 11) is -2.74. The predicted molar refractivity (Wildman–Crippen MR) is 62.8 cm³/mol. The van der Waals surface area contributed by atoms with Crippen LogP contribution in [-0.2, 0) is 9.84 Å². The van der Waals surface area contributed by atoms with Crippen molar-refractivity contribution in [2.75, 3.05) is 37.7 Å². The molecule has 5 heteroatoms. The fourth-order valence-corrected chi connectivity index (χ4v) is 3.16. The normalized spacial score (nSPS) is 23.9. The Labute approximate surface area is 93.0 Å². The van der Waals surface area contributed by atoms with Crippen LogP contribution in [0.5, 0.6) is 0 Å². The molecule has 1 unspecified atom stereocenters. The molecule has 0 aromatic rings. The van der Waals surface area contributed by atoms with Crippen LogP contribution in [0.2, 0.25) is 0 Å². The molecule has 1 fully saturated rings. The molecule has 15 heavy (non-hydrogen) atoms. The molecular formula is C10H22N2O2S. The van der Waals surface area contributed by atoms with Crippen LogP contribution in [0.25, 0.3) is 0 Å². The van der Waals surface area contributed by atoms with E-state index in [4.69, 9.17) is 0 Å². The third kappa shape index (κ3) is 4.09. The van der Waals surface area contributed by atoms with Crippen molar-refractivity contribution in [2.45, 2.75) is 26.3 Å². The van der Waals surface area contributed by atoms with Gasteiger partial charge in [0.1, 0.15) is 0 Å². The summed E-state index contributed by atoms with van der Waals surface area (Å²) in [4.78, 5) is 2.30. The summed E-state index contributed by atoms with van der Waals surface area (Å²) in [5.41, 5.74) is 0. The largest absolute Gasteiger partial charge is 0.315 e. The van der Waals surface area contributed by atoms with E-state index in [-0.39, 0.29) is 0 Å². The quantitative estimate of drug-likeness (QED) is 0.733. The maximum atomic E-state index is 11.3. The Morgan fingerprint density at radius 3 is 2.33 bits per heavy atom. The van der Waals surface area contributed by atoms with Crippen molar-refractivity contribution in [1.29, 1.82) is 0 Å². The lowest BCUT2D eigenvalue weighted by atomic mass is 10.2. The smallest absolute Gasteiger partial charge is 0.152 e. The third-order valence-electron chi connectivity index (χ3n) is 3.00. The number of nitrogens with one attached hydrogen (secondary N) is 1. The molecule has 90 valence electrons. The van der Waals surface area contributed by atoms with Gasteiger partial charge in [0.05, 0.1) is 11.5 Å². The highest BCUT2D eigenvalue weighted by molar-refractivity contribution is 7.91. The van der Waals surface area contributed by atoms with Crippen LogP contribution in [0.15, 0.2) is 0 Å². The maximum Gasteiger partial charge on any atom is 0.152 e. The van der Waals surface area contributed by atoms with Gasteiger partial charge in [-0.15, -0.1) is 0 Å². The number of sulfone groups is 1. The molecule has 1 atom stereocenters. The van der Waals surface area contributed by atoms with Crippen molar-refractivity contribution in [3.05, 3.63) is 0 Å². The highest BCUT2D eigenvalue weighted by Gasteiger charge is 2.25. The van der Waals surface area contributed by atoms with Gasteiger partial charge in [0.15, 0.2) is 9.84 Å². The topological polar surface area (TPSA) is 49.4 Å². The fraction of sp³-hybridized carbons (Fsp3) is 1.00. The predicted octanol–water partition coefficient (Wildman–Crippen LogP) is 0.105. The summed E-state index contributed by atoms with van der Waals surface area (Å²) in [6.07, 6.45) is 1.08. The van der Waals surface area contributed by atoms with E-state index < -0.39 is 9.84 Å². The average Bonchev–Trinajstić information content (AvgIpc) is 2.21. The van der Waals surface area contributed by atoms with Gasteiger partial charge in [-0.2, -0.15) is 0 Å². The first-order valence-corrected chi connectivity index (χ1v) is 7.56. The highest BCUT2D eigenvalue weighted by atomic mass is 32.2. The van der Waals surface area contributed by atoms with Gasteiger partial charge in [-0.3, -0.25) is 4.90 Å². The van der Waals surface area contributed by atoms with E-state index in [0.717, 1.165) is 19.5 Å². The Kier molecular flexibility index (Phi) is 5.02. The van der Waals surface area contributed by atoms with E-state index in [9.17, 15) is 8.42 Å².